The number of alkyl halides is 3. The highest BCUT2D eigenvalue weighted by atomic mass is 32.1. The monoisotopic (exact) mass is 499 g/mol. The first kappa shape index (κ1) is 24.8. The Labute approximate surface area is 205 Å². The first-order chi connectivity index (χ1) is 16.8. The summed E-state index contributed by atoms with van der Waals surface area (Å²) in [5.41, 5.74) is 0.804. The number of thiophene rings is 1. The Morgan fingerprint density at radius 3 is 2.40 bits per heavy atom. The van der Waals surface area contributed by atoms with Gasteiger partial charge in [0.1, 0.15) is 11.5 Å². The molecular formula is C27H24F3NO3S. The van der Waals surface area contributed by atoms with Crippen molar-refractivity contribution in [1.29, 1.82) is 0 Å². The van der Waals surface area contributed by atoms with Gasteiger partial charge in [0.05, 0.1) is 17.0 Å². The van der Waals surface area contributed by atoms with Crippen LogP contribution >= 0.6 is 11.3 Å². The molecule has 182 valence electrons. The van der Waals surface area contributed by atoms with Gasteiger partial charge >= 0.3 is 6.18 Å². The second-order valence-corrected chi connectivity index (χ2v) is 9.02. The number of rotatable bonds is 9. The summed E-state index contributed by atoms with van der Waals surface area (Å²) in [7, 11) is 0. The fraction of sp³-hybridized carbons (Fsp3) is 0.222. The Hall–Kier alpha value is -3.36. The standard InChI is InChI=1S/C27H24F3NO3S/c1-2-31-14-3-15-34-21-11-6-17(7-12-21)24-22-13-10-20(32)16-23(22)35-26(24)25(33)18-4-8-19(9-5-18)27(28,29)30/h4-13,16,31-32H,2-3,14-15H2,1H3. The summed E-state index contributed by atoms with van der Waals surface area (Å²) in [6.45, 7) is 4.41. The van der Waals surface area contributed by atoms with Crippen LogP contribution in [0.3, 0.4) is 0 Å². The fourth-order valence-corrected chi connectivity index (χ4v) is 4.98. The van der Waals surface area contributed by atoms with Crippen LogP contribution < -0.4 is 10.1 Å². The van der Waals surface area contributed by atoms with Gasteiger partial charge in [-0.2, -0.15) is 13.2 Å². The maximum absolute atomic E-state index is 13.4. The van der Waals surface area contributed by atoms with E-state index in [0.717, 1.165) is 42.6 Å². The van der Waals surface area contributed by atoms with E-state index in [-0.39, 0.29) is 17.1 Å². The van der Waals surface area contributed by atoms with Crippen molar-refractivity contribution in [3.8, 4) is 22.6 Å². The summed E-state index contributed by atoms with van der Waals surface area (Å²) in [4.78, 5) is 13.8. The van der Waals surface area contributed by atoms with Crippen molar-refractivity contribution in [3.63, 3.8) is 0 Å². The minimum atomic E-state index is -4.47. The van der Waals surface area contributed by atoms with E-state index in [1.54, 1.807) is 18.2 Å². The summed E-state index contributed by atoms with van der Waals surface area (Å²) >= 11 is 1.20. The topological polar surface area (TPSA) is 58.6 Å². The number of fused-ring (bicyclic) bond motifs is 1. The van der Waals surface area contributed by atoms with E-state index in [9.17, 15) is 23.1 Å². The van der Waals surface area contributed by atoms with Crippen LogP contribution in [0, 0.1) is 0 Å². The Kier molecular flexibility index (Phi) is 7.42. The number of phenolic OH excluding ortho intramolecular Hbond substituents is 1. The van der Waals surface area contributed by atoms with Crippen molar-refractivity contribution in [2.45, 2.75) is 19.5 Å². The van der Waals surface area contributed by atoms with Crippen molar-refractivity contribution < 1.29 is 27.8 Å². The minimum absolute atomic E-state index is 0.0696. The second-order valence-electron chi connectivity index (χ2n) is 7.97. The number of carbonyl (C=O) groups is 1. The summed E-state index contributed by atoms with van der Waals surface area (Å²) in [5, 5.41) is 13.9. The van der Waals surface area contributed by atoms with E-state index in [0.29, 0.717) is 27.5 Å². The summed E-state index contributed by atoms with van der Waals surface area (Å²) in [6.07, 6.45) is -3.60. The molecule has 4 nitrogen and oxygen atoms in total. The molecule has 4 rings (SSSR count). The number of nitrogens with one attached hydrogen (secondary N) is 1. The molecule has 1 heterocycles. The van der Waals surface area contributed by atoms with Crippen molar-refractivity contribution in [1.82, 2.24) is 5.32 Å². The van der Waals surface area contributed by atoms with Gasteiger partial charge in [-0.15, -0.1) is 11.3 Å². The number of aromatic hydroxyl groups is 1. The van der Waals surface area contributed by atoms with Crippen LogP contribution in [0.15, 0.2) is 66.7 Å². The molecule has 0 aliphatic carbocycles. The van der Waals surface area contributed by atoms with Gasteiger partial charge in [-0.3, -0.25) is 4.79 Å². The SMILES string of the molecule is CCNCCCOc1ccc(-c2c(C(=O)c3ccc(C(F)(F)F)cc3)sc3cc(O)ccc23)cc1. The third kappa shape index (κ3) is 5.66. The van der Waals surface area contributed by atoms with E-state index >= 15 is 0 Å². The highest BCUT2D eigenvalue weighted by Gasteiger charge is 2.30. The number of carbonyl (C=O) groups excluding carboxylic acids is 1. The van der Waals surface area contributed by atoms with E-state index in [1.165, 1.54) is 23.5 Å². The van der Waals surface area contributed by atoms with Gasteiger partial charge in [-0.05, 0) is 67.5 Å². The van der Waals surface area contributed by atoms with Gasteiger partial charge < -0.3 is 15.2 Å². The normalized spacial score (nSPS) is 11.7. The van der Waals surface area contributed by atoms with Crippen LogP contribution in [0.5, 0.6) is 11.5 Å². The van der Waals surface area contributed by atoms with Crippen molar-refractivity contribution in [2.75, 3.05) is 19.7 Å². The fourth-order valence-electron chi connectivity index (χ4n) is 3.76. The molecule has 4 aromatic rings. The molecule has 0 radical (unpaired) electrons. The third-order valence-electron chi connectivity index (χ3n) is 5.51. The van der Waals surface area contributed by atoms with Gasteiger partial charge in [0.25, 0.3) is 0 Å². The molecule has 0 unspecified atom stereocenters. The van der Waals surface area contributed by atoms with Crippen molar-refractivity contribution in [3.05, 3.63) is 82.7 Å². The van der Waals surface area contributed by atoms with Crippen molar-refractivity contribution in [2.24, 2.45) is 0 Å². The molecule has 2 N–H and O–H groups in total. The smallest absolute Gasteiger partial charge is 0.416 e. The maximum atomic E-state index is 13.4. The number of hydrogen-bond donors (Lipinski definition) is 2. The van der Waals surface area contributed by atoms with E-state index < -0.39 is 11.7 Å². The first-order valence-electron chi connectivity index (χ1n) is 11.2. The molecule has 0 fully saturated rings. The quantitative estimate of drug-likeness (QED) is 0.194. The first-order valence-corrected chi connectivity index (χ1v) is 12.0. The molecule has 8 heteroatoms. The summed E-state index contributed by atoms with van der Waals surface area (Å²) in [5.74, 6) is 0.399. The molecule has 0 bridgehead atoms. The Balaban J connectivity index is 1.67. The molecule has 1 aromatic heterocycles. The Bertz CT molecular complexity index is 1310. The van der Waals surface area contributed by atoms with Gasteiger partial charge in [0.2, 0.25) is 5.78 Å². The molecule has 0 atom stereocenters. The molecule has 0 aliphatic rings. The molecule has 0 aliphatic heterocycles. The predicted molar refractivity (Wildman–Crippen MR) is 132 cm³/mol. The average Bonchev–Trinajstić information content (AvgIpc) is 3.22. The van der Waals surface area contributed by atoms with Crippen LogP contribution in [0.1, 0.15) is 34.1 Å². The van der Waals surface area contributed by atoms with E-state index in [1.807, 2.05) is 31.2 Å². The molecule has 35 heavy (non-hydrogen) atoms. The number of halogens is 3. The Morgan fingerprint density at radius 2 is 1.74 bits per heavy atom. The number of benzene rings is 3. The number of ether oxygens (including phenoxy) is 1. The van der Waals surface area contributed by atoms with Gasteiger partial charge in [0, 0.05) is 21.2 Å². The number of phenols is 1. The lowest BCUT2D eigenvalue weighted by Crippen LogP contribution is -2.16. The predicted octanol–water partition coefficient (Wildman–Crippen LogP) is 6.90. The number of ketones is 1. The van der Waals surface area contributed by atoms with Gasteiger partial charge in [-0.1, -0.05) is 31.2 Å². The van der Waals surface area contributed by atoms with Crippen LogP contribution in [-0.4, -0.2) is 30.6 Å². The maximum Gasteiger partial charge on any atom is 0.416 e. The molecular weight excluding hydrogens is 475 g/mol. The molecule has 0 amide bonds. The van der Waals surface area contributed by atoms with Crippen LogP contribution in [0.25, 0.3) is 21.2 Å². The van der Waals surface area contributed by atoms with Crippen molar-refractivity contribution >= 4 is 27.2 Å². The molecule has 3 aromatic carbocycles. The van der Waals surface area contributed by atoms with Gasteiger partial charge in [0.15, 0.2) is 0 Å². The van der Waals surface area contributed by atoms with E-state index in [4.69, 9.17) is 4.74 Å². The zero-order valence-electron chi connectivity index (χ0n) is 19.0. The second kappa shape index (κ2) is 10.5. The summed E-state index contributed by atoms with van der Waals surface area (Å²) < 4.78 is 45.3. The molecule has 0 saturated carbocycles. The van der Waals surface area contributed by atoms with E-state index in [2.05, 4.69) is 5.32 Å². The lowest BCUT2D eigenvalue weighted by Gasteiger charge is -2.10. The third-order valence-corrected chi connectivity index (χ3v) is 6.67. The van der Waals surface area contributed by atoms with Crippen LogP contribution in [0.2, 0.25) is 0 Å². The number of hydrogen-bond acceptors (Lipinski definition) is 5. The van der Waals surface area contributed by atoms with Gasteiger partial charge in [-0.25, -0.2) is 0 Å². The lowest BCUT2D eigenvalue weighted by molar-refractivity contribution is -0.137. The Morgan fingerprint density at radius 1 is 1.03 bits per heavy atom. The molecule has 0 saturated heterocycles. The average molecular weight is 500 g/mol. The van der Waals surface area contributed by atoms with Crippen LogP contribution in [0.4, 0.5) is 13.2 Å². The summed E-state index contributed by atoms with van der Waals surface area (Å²) in [6, 6.07) is 16.5. The zero-order valence-corrected chi connectivity index (χ0v) is 19.8. The minimum Gasteiger partial charge on any atom is -0.508 e. The molecule has 0 spiro atoms. The van der Waals surface area contributed by atoms with Crippen LogP contribution in [-0.2, 0) is 6.18 Å². The highest BCUT2D eigenvalue weighted by Crippen LogP contribution is 2.42. The lowest BCUT2D eigenvalue weighted by atomic mass is 9.97. The largest absolute Gasteiger partial charge is 0.508 e. The highest BCUT2D eigenvalue weighted by molar-refractivity contribution is 7.21. The zero-order chi connectivity index (χ0) is 25.0.